The molecule has 1 aromatic heterocycles. The summed E-state index contributed by atoms with van der Waals surface area (Å²) < 4.78 is 15.7. The van der Waals surface area contributed by atoms with Gasteiger partial charge in [-0.2, -0.15) is 5.10 Å². The lowest BCUT2D eigenvalue weighted by atomic mass is 10.0. The quantitative estimate of drug-likeness (QED) is 0.910. The highest BCUT2D eigenvalue weighted by molar-refractivity contribution is 9.10. The van der Waals surface area contributed by atoms with Crippen LogP contribution in [0.25, 0.3) is 0 Å². The highest BCUT2D eigenvalue weighted by atomic mass is 79.9. The molecule has 0 aliphatic carbocycles. The van der Waals surface area contributed by atoms with Crippen molar-refractivity contribution >= 4 is 27.5 Å². The van der Waals surface area contributed by atoms with Crippen molar-refractivity contribution in [1.29, 1.82) is 0 Å². The largest absolute Gasteiger partial charge is 0.319 e. The van der Waals surface area contributed by atoms with E-state index in [1.54, 1.807) is 12.3 Å². The summed E-state index contributed by atoms with van der Waals surface area (Å²) in [6, 6.07) is 3.93. The van der Waals surface area contributed by atoms with Gasteiger partial charge in [-0.1, -0.05) is 17.7 Å². The Morgan fingerprint density at radius 3 is 2.68 bits per heavy atom. The molecule has 19 heavy (non-hydrogen) atoms. The number of hydrogen-bond acceptors (Lipinski definition) is 2. The lowest BCUT2D eigenvalue weighted by Gasteiger charge is -2.18. The van der Waals surface area contributed by atoms with Gasteiger partial charge in [0.05, 0.1) is 22.4 Å². The van der Waals surface area contributed by atoms with Crippen LogP contribution in [0.5, 0.6) is 0 Å². The van der Waals surface area contributed by atoms with E-state index in [4.69, 9.17) is 17.3 Å². The number of halogens is 3. The molecule has 0 radical (unpaired) electrons. The molecule has 0 amide bonds. The van der Waals surface area contributed by atoms with E-state index in [0.29, 0.717) is 10.6 Å². The summed E-state index contributed by atoms with van der Waals surface area (Å²) in [5, 5.41) is 4.60. The molecule has 2 aromatic rings. The molecule has 0 aliphatic rings. The average molecular weight is 347 g/mol. The number of hydrogen-bond donors (Lipinski definition) is 1. The Morgan fingerprint density at radius 2 is 2.11 bits per heavy atom. The Hall–Kier alpha value is -0.910. The highest BCUT2D eigenvalue weighted by Gasteiger charge is 2.21. The van der Waals surface area contributed by atoms with Gasteiger partial charge in [-0.05, 0) is 47.5 Å². The van der Waals surface area contributed by atoms with E-state index in [1.165, 1.54) is 12.1 Å². The molecule has 1 aromatic carbocycles. The molecule has 3 nitrogen and oxygen atoms in total. The van der Waals surface area contributed by atoms with Crippen molar-refractivity contribution in [3.8, 4) is 0 Å². The van der Waals surface area contributed by atoms with E-state index in [9.17, 15) is 4.39 Å². The minimum atomic E-state index is -0.465. The molecule has 0 aliphatic heterocycles. The van der Waals surface area contributed by atoms with Crippen molar-refractivity contribution in [2.24, 2.45) is 5.73 Å². The normalized spacial score (nSPS) is 13.0. The molecule has 0 bridgehead atoms. The van der Waals surface area contributed by atoms with Crippen LogP contribution in [0.3, 0.4) is 0 Å². The standard InChI is InChI=1S/C13H14BrClFN3/c1-7(2)19-13(10(14)6-18-19)12(17)9-4-3-8(16)5-11(9)15/h3-7,12H,17H2,1-2H3. The fraction of sp³-hybridized carbons (Fsp3) is 0.308. The fourth-order valence-corrected chi connectivity index (χ4v) is 2.76. The van der Waals surface area contributed by atoms with Crippen molar-refractivity contribution in [1.82, 2.24) is 9.78 Å². The van der Waals surface area contributed by atoms with Gasteiger partial charge in [0.25, 0.3) is 0 Å². The smallest absolute Gasteiger partial charge is 0.124 e. The first-order valence-corrected chi connectivity index (χ1v) is 7.02. The second kappa shape index (κ2) is 5.61. The van der Waals surface area contributed by atoms with Crippen LogP contribution < -0.4 is 5.73 Å². The van der Waals surface area contributed by atoms with Gasteiger partial charge in [0.1, 0.15) is 5.82 Å². The van der Waals surface area contributed by atoms with Crippen LogP contribution in [0, 0.1) is 5.82 Å². The minimum absolute atomic E-state index is 0.173. The molecule has 0 fully saturated rings. The van der Waals surface area contributed by atoms with Crippen molar-refractivity contribution < 1.29 is 4.39 Å². The maximum Gasteiger partial charge on any atom is 0.124 e. The highest BCUT2D eigenvalue weighted by Crippen LogP contribution is 2.32. The summed E-state index contributed by atoms with van der Waals surface area (Å²) in [5.74, 6) is -0.377. The number of nitrogens with zero attached hydrogens (tertiary/aromatic N) is 2. The summed E-state index contributed by atoms with van der Waals surface area (Å²) in [4.78, 5) is 0. The van der Waals surface area contributed by atoms with Gasteiger partial charge in [0.2, 0.25) is 0 Å². The van der Waals surface area contributed by atoms with E-state index >= 15 is 0 Å². The van der Waals surface area contributed by atoms with Crippen LogP contribution in [0.1, 0.15) is 37.2 Å². The Bertz CT molecular complexity index is 598. The molecule has 0 spiro atoms. The van der Waals surface area contributed by atoms with Gasteiger partial charge >= 0.3 is 0 Å². The Morgan fingerprint density at radius 1 is 1.42 bits per heavy atom. The molecule has 1 atom stereocenters. The van der Waals surface area contributed by atoms with Crippen molar-refractivity contribution in [2.45, 2.75) is 25.9 Å². The lowest BCUT2D eigenvalue weighted by Crippen LogP contribution is -2.19. The van der Waals surface area contributed by atoms with E-state index < -0.39 is 6.04 Å². The molecule has 6 heteroatoms. The first-order chi connectivity index (χ1) is 8.91. The van der Waals surface area contributed by atoms with E-state index in [2.05, 4.69) is 21.0 Å². The van der Waals surface area contributed by atoms with Crippen molar-refractivity contribution in [3.63, 3.8) is 0 Å². The molecule has 1 unspecified atom stereocenters. The number of nitrogens with two attached hydrogens (primary N) is 1. The second-order valence-corrected chi connectivity index (χ2v) is 5.82. The monoisotopic (exact) mass is 345 g/mol. The van der Waals surface area contributed by atoms with E-state index in [-0.39, 0.29) is 11.9 Å². The first-order valence-electron chi connectivity index (χ1n) is 5.85. The van der Waals surface area contributed by atoms with Crippen LogP contribution in [-0.2, 0) is 0 Å². The zero-order valence-corrected chi connectivity index (χ0v) is 12.9. The Balaban J connectivity index is 2.49. The number of benzene rings is 1. The Labute approximate surface area is 124 Å². The van der Waals surface area contributed by atoms with Crippen LogP contribution in [-0.4, -0.2) is 9.78 Å². The van der Waals surface area contributed by atoms with Crippen LogP contribution in [0.15, 0.2) is 28.9 Å². The maximum absolute atomic E-state index is 13.1. The number of rotatable bonds is 3. The van der Waals surface area contributed by atoms with Gasteiger partial charge < -0.3 is 5.73 Å². The van der Waals surface area contributed by atoms with E-state index in [1.807, 2.05) is 18.5 Å². The molecule has 2 rings (SSSR count). The third-order valence-electron chi connectivity index (χ3n) is 2.87. The zero-order valence-electron chi connectivity index (χ0n) is 10.6. The Kier molecular flexibility index (Phi) is 4.28. The predicted octanol–water partition coefficient (Wildman–Crippen LogP) is 4.07. The van der Waals surface area contributed by atoms with E-state index in [0.717, 1.165) is 10.2 Å². The minimum Gasteiger partial charge on any atom is -0.319 e. The molecule has 0 saturated carbocycles. The molecular weight excluding hydrogens is 333 g/mol. The van der Waals surface area contributed by atoms with Gasteiger partial charge in [-0.3, -0.25) is 4.68 Å². The fourth-order valence-electron chi connectivity index (χ4n) is 1.95. The summed E-state index contributed by atoms with van der Waals surface area (Å²) in [6.07, 6.45) is 1.70. The topological polar surface area (TPSA) is 43.8 Å². The molecule has 2 N–H and O–H groups in total. The molecular formula is C13H14BrClFN3. The van der Waals surface area contributed by atoms with Crippen LogP contribution in [0.2, 0.25) is 5.02 Å². The van der Waals surface area contributed by atoms with Crippen molar-refractivity contribution in [2.75, 3.05) is 0 Å². The van der Waals surface area contributed by atoms with Gasteiger partial charge in [-0.15, -0.1) is 0 Å². The van der Waals surface area contributed by atoms with Gasteiger partial charge in [0, 0.05) is 11.1 Å². The summed E-state index contributed by atoms with van der Waals surface area (Å²) in [7, 11) is 0. The third kappa shape index (κ3) is 2.83. The zero-order chi connectivity index (χ0) is 14.2. The first kappa shape index (κ1) is 14.5. The second-order valence-electron chi connectivity index (χ2n) is 4.56. The lowest BCUT2D eigenvalue weighted by molar-refractivity contribution is 0.498. The van der Waals surface area contributed by atoms with Gasteiger partial charge in [-0.25, -0.2) is 4.39 Å². The molecule has 0 saturated heterocycles. The molecule has 102 valence electrons. The van der Waals surface area contributed by atoms with Gasteiger partial charge in [0.15, 0.2) is 0 Å². The predicted molar refractivity (Wildman–Crippen MR) is 77.8 cm³/mol. The molecule has 1 heterocycles. The SMILES string of the molecule is CC(C)n1ncc(Br)c1C(N)c1ccc(F)cc1Cl. The summed E-state index contributed by atoms with van der Waals surface area (Å²) in [6.45, 7) is 4.03. The summed E-state index contributed by atoms with van der Waals surface area (Å²) in [5.41, 5.74) is 7.75. The number of aromatic nitrogens is 2. The summed E-state index contributed by atoms with van der Waals surface area (Å²) >= 11 is 9.50. The average Bonchev–Trinajstić information content (AvgIpc) is 2.70. The van der Waals surface area contributed by atoms with Crippen LogP contribution >= 0.6 is 27.5 Å². The van der Waals surface area contributed by atoms with Crippen LogP contribution in [0.4, 0.5) is 4.39 Å². The maximum atomic E-state index is 13.1. The van der Waals surface area contributed by atoms with Crippen molar-refractivity contribution in [3.05, 3.63) is 51.0 Å². The third-order valence-corrected chi connectivity index (χ3v) is 3.81.